The number of pyridine rings is 1. The fourth-order valence-electron chi connectivity index (χ4n) is 4.61. The van der Waals surface area contributed by atoms with E-state index in [9.17, 15) is 9.18 Å². The highest BCUT2D eigenvalue weighted by atomic mass is 19.1. The number of aryl methyl sites for hydroxylation is 1. The van der Waals surface area contributed by atoms with Gasteiger partial charge in [-0.15, -0.1) is 0 Å². The van der Waals surface area contributed by atoms with Gasteiger partial charge in [-0.2, -0.15) is 0 Å². The Morgan fingerprint density at radius 2 is 2.09 bits per heavy atom. The minimum absolute atomic E-state index is 0.233. The zero-order valence-corrected chi connectivity index (χ0v) is 18.0. The van der Waals surface area contributed by atoms with Gasteiger partial charge >= 0.3 is 0 Å². The summed E-state index contributed by atoms with van der Waals surface area (Å²) in [6.07, 6.45) is 4.58. The Morgan fingerprint density at radius 3 is 3.00 bits per heavy atom. The maximum Gasteiger partial charge on any atom is 0.272 e. The Hall–Kier alpha value is -4.01. The van der Waals surface area contributed by atoms with Gasteiger partial charge in [0.1, 0.15) is 17.9 Å². The summed E-state index contributed by atoms with van der Waals surface area (Å²) in [5.41, 5.74) is 5.92. The largest absolute Gasteiger partial charge is 0.493 e. The lowest BCUT2D eigenvalue weighted by Gasteiger charge is -2.14. The number of imidazole rings is 1. The number of amides is 1. The molecule has 8 nitrogen and oxygen atoms in total. The minimum Gasteiger partial charge on any atom is -0.493 e. The van der Waals surface area contributed by atoms with Crippen LogP contribution in [0.5, 0.6) is 5.75 Å². The number of carbonyl (C=O) groups is 1. The van der Waals surface area contributed by atoms with Crippen LogP contribution in [0, 0.1) is 12.7 Å². The Morgan fingerprint density at radius 1 is 1.18 bits per heavy atom. The monoisotopic (exact) mass is 444 g/mol. The average Bonchev–Trinajstić information content (AvgIpc) is 3.46. The Balaban J connectivity index is 1.46. The summed E-state index contributed by atoms with van der Waals surface area (Å²) in [7, 11) is 0. The highest BCUT2D eigenvalue weighted by Crippen LogP contribution is 2.33. The van der Waals surface area contributed by atoms with Crippen molar-refractivity contribution >= 4 is 17.4 Å². The number of benzene rings is 1. The molecule has 1 amide bonds. The molecule has 0 fully saturated rings. The number of aromatic nitrogens is 4. The molecule has 0 bridgehead atoms. The molecule has 33 heavy (non-hydrogen) atoms. The van der Waals surface area contributed by atoms with Gasteiger partial charge in [-0.3, -0.25) is 14.2 Å². The van der Waals surface area contributed by atoms with Gasteiger partial charge in [0.05, 0.1) is 17.8 Å². The number of halogens is 1. The fraction of sp³-hybridized carbons (Fsp3) is 0.250. The second kappa shape index (κ2) is 7.54. The van der Waals surface area contributed by atoms with Crippen molar-refractivity contribution in [3.63, 3.8) is 0 Å². The second-order valence-electron chi connectivity index (χ2n) is 8.21. The average molecular weight is 444 g/mol. The molecule has 0 radical (unpaired) electrons. The number of carbonyl (C=O) groups excluding carboxylic acids is 1. The van der Waals surface area contributed by atoms with Crippen LogP contribution in [0.4, 0.5) is 10.3 Å². The molecule has 166 valence electrons. The van der Waals surface area contributed by atoms with E-state index in [-0.39, 0.29) is 18.3 Å². The predicted octanol–water partition coefficient (Wildman–Crippen LogP) is 3.07. The molecule has 0 saturated carbocycles. The van der Waals surface area contributed by atoms with Crippen LogP contribution in [0.25, 0.3) is 16.6 Å². The third kappa shape index (κ3) is 3.19. The van der Waals surface area contributed by atoms with Gasteiger partial charge in [0.25, 0.3) is 5.91 Å². The first-order valence-corrected chi connectivity index (χ1v) is 10.9. The first-order chi connectivity index (χ1) is 16.1. The first kappa shape index (κ1) is 19.7. The van der Waals surface area contributed by atoms with Crippen LogP contribution < -0.4 is 15.4 Å². The maximum atomic E-state index is 14.6. The number of hydrogen-bond acceptors (Lipinski definition) is 6. The van der Waals surface area contributed by atoms with E-state index in [2.05, 4.69) is 25.6 Å². The van der Waals surface area contributed by atoms with E-state index >= 15 is 0 Å². The topological polar surface area (TPSA) is 93.4 Å². The van der Waals surface area contributed by atoms with Crippen LogP contribution in [-0.2, 0) is 19.4 Å². The van der Waals surface area contributed by atoms with Crippen LogP contribution in [0.3, 0.4) is 0 Å². The summed E-state index contributed by atoms with van der Waals surface area (Å²) in [5.74, 6) is 0.661. The summed E-state index contributed by atoms with van der Waals surface area (Å²) in [5, 5.41) is 6.16. The number of hydrogen-bond donors (Lipinski definition) is 2. The maximum absolute atomic E-state index is 14.6. The SMILES string of the molecule is Cc1ccc2c(n1)CCNC(=O)c1ncn3c(NCc4c(F)ccc5c4CCO5)ncc-2c13. The lowest BCUT2D eigenvalue weighted by molar-refractivity contribution is 0.0951. The van der Waals surface area contributed by atoms with Crippen molar-refractivity contribution in [1.29, 1.82) is 0 Å². The van der Waals surface area contributed by atoms with E-state index in [4.69, 9.17) is 4.74 Å². The Labute approximate surface area is 188 Å². The third-order valence-electron chi connectivity index (χ3n) is 6.20. The lowest BCUT2D eigenvalue weighted by atomic mass is 10.0. The van der Waals surface area contributed by atoms with Gasteiger partial charge in [0, 0.05) is 60.1 Å². The standard InChI is InChI=1S/C24H21FN6O2/c1-13-2-3-14-17-11-28-24(27-10-16-15-7-9-33-20(15)5-4-18(16)25)31-12-29-21(22(17)31)23(32)26-8-6-19(14)30-13/h2-5,11-12H,6-10H2,1H3,(H,26,32)(H,27,28). The van der Waals surface area contributed by atoms with Gasteiger partial charge in [-0.05, 0) is 25.1 Å². The zero-order chi connectivity index (χ0) is 22.5. The van der Waals surface area contributed by atoms with Crippen LogP contribution in [0.1, 0.15) is 33.0 Å². The number of rotatable bonds is 3. The van der Waals surface area contributed by atoms with Gasteiger partial charge in [0.2, 0.25) is 5.95 Å². The van der Waals surface area contributed by atoms with Crippen molar-refractivity contribution in [3.8, 4) is 16.9 Å². The molecule has 0 spiro atoms. The quantitative estimate of drug-likeness (QED) is 0.505. The molecule has 3 aromatic heterocycles. The molecule has 2 N–H and O–H groups in total. The van der Waals surface area contributed by atoms with Crippen molar-refractivity contribution in [2.45, 2.75) is 26.3 Å². The highest BCUT2D eigenvalue weighted by Gasteiger charge is 2.24. The van der Waals surface area contributed by atoms with Gasteiger partial charge in [0.15, 0.2) is 5.69 Å². The van der Waals surface area contributed by atoms with E-state index in [0.717, 1.165) is 33.8 Å². The van der Waals surface area contributed by atoms with Crippen molar-refractivity contribution in [3.05, 3.63) is 70.8 Å². The number of nitrogens with zero attached hydrogens (tertiary/aromatic N) is 4. The van der Waals surface area contributed by atoms with Gasteiger partial charge in [-0.1, -0.05) is 6.07 Å². The zero-order valence-electron chi connectivity index (χ0n) is 18.0. The number of anilines is 1. The molecule has 0 unspecified atom stereocenters. The van der Waals surface area contributed by atoms with Gasteiger partial charge in [-0.25, -0.2) is 14.4 Å². The first-order valence-electron chi connectivity index (χ1n) is 10.9. The molecule has 4 aromatic rings. The van der Waals surface area contributed by atoms with Crippen LogP contribution in [0.2, 0.25) is 0 Å². The van der Waals surface area contributed by atoms with Crippen LogP contribution in [0.15, 0.2) is 36.8 Å². The smallest absolute Gasteiger partial charge is 0.272 e. The lowest BCUT2D eigenvalue weighted by Crippen LogP contribution is -2.26. The van der Waals surface area contributed by atoms with Gasteiger partial charge < -0.3 is 15.4 Å². The minimum atomic E-state index is -0.286. The molecule has 5 heterocycles. The highest BCUT2D eigenvalue weighted by molar-refractivity contribution is 6.03. The van der Waals surface area contributed by atoms with E-state index in [1.807, 2.05) is 19.1 Å². The number of nitrogens with one attached hydrogen (secondary N) is 2. The summed E-state index contributed by atoms with van der Waals surface area (Å²) in [4.78, 5) is 26.5. The van der Waals surface area contributed by atoms with E-state index in [0.29, 0.717) is 48.7 Å². The number of ether oxygens (including phenoxy) is 1. The van der Waals surface area contributed by atoms with Crippen molar-refractivity contribution < 1.29 is 13.9 Å². The molecule has 0 saturated heterocycles. The molecule has 1 aromatic carbocycles. The van der Waals surface area contributed by atoms with E-state index < -0.39 is 0 Å². The molecule has 9 heteroatoms. The van der Waals surface area contributed by atoms with E-state index in [1.165, 1.54) is 6.07 Å². The molecule has 2 aliphatic rings. The summed E-state index contributed by atoms with van der Waals surface area (Å²) < 4.78 is 21.9. The van der Waals surface area contributed by atoms with Crippen LogP contribution >= 0.6 is 0 Å². The molecule has 0 atom stereocenters. The predicted molar refractivity (Wildman–Crippen MR) is 120 cm³/mol. The summed E-state index contributed by atoms with van der Waals surface area (Å²) in [6.45, 7) is 3.20. The number of fused-ring (bicyclic) bond motifs is 3. The van der Waals surface area contributed by atoms with Crippen molar-refractivity contribution in [2.24, 2.45) is 0 Å². The van der Waals surface area contributed by atoms with E-state index in [1.54, 1.807) is 23.0 Å². The molecular weight excluding hydrogens is 423 g/mol. The third-order valence-corrected chi connectivity index (χ3v) is 6.20. The van der Waals surface area contributed by atoms with Crippen molar-refractivity contribution in [2.75, 3.05) is 18.5 Å². The fourth-order valence-corrected chi connectivity index (χ4v) is 4.61. The summed E-state index contributed by atoms with van der Waals surface area (Å²) >= 11 is 0. The normalized spacial score (nSPS) is 14.5. The summed E-state index contributed by atoms with van der Waals surface area (Å²) in [6, 6.07) is 7.05. The molecular formula is C24H21FN6O2. The second-order valence-corrected chi connectivity index (χ2v) is 8.21. The molecule has 6 rings (SSSR count). The Bertz CT molecular complexity index is 1430. The molecule has 2 aliphatic heterocycles. The Kier molecular flexibility index (Phi) is 4.49. The van der Waals surface area contributed by atoms with Crippen molar-refractivity contribution in [1.82, 2.24) is 24.7 Å². The van der Waals surface area contributed by atoms with Crippen LogP contribution in [-0.4, -0.2) is 38.4 Å². The molecule has 0 aliphatic carbocycles.